The molecule has 5 atom stereocenters. The Morgan fingerprint density at radius 2 is 1.84 bits per heavy atom. The summed E-state index contributed by atoms with van der Waals surface area (Å²) in [6, 6.07) is 0. The van der Waals surface area contributed by atoms with E-state index in [1.807, 2.05) is 0 Å². The van der Waals surface area contributed by atoms with Gasteiger partial charge in [0.05, 0.1) is 18.8 Å². The minimum absolute atomic E-state index is 0.328. The Morgan fingerprint density at radius 3 is 2.42 bits per heavy atom. The van der Waals surface area contributed by atoms with E-state index >= 15 is 0 Å². The summed E-state index contributed by atoms with van der Waals surface area (Å²) >= 11 is 0. The van der Waals surface area contributed by atoms with Crippen molar-refractivity contribution in [2.24, 2.45) is 17.8 Å². The van der Waals surface area contributed by atoms with Gasteiger partial charge in [-0.25, -0.2) is 0 Å². The Kier molecular flexibility index (Phi) is 5.67. The first kappa shape index (κ1) is 15.3. The first-order valence-electron chi connectivity index (χ1n) is 8.06. The SMILES string of the molecule is C[C@@H]1C[C@H](C)CN(C[C@@H](O)CO[C@H]2CCC[C@@H]2C)C1. The van der Waals surface area contributed by atoms with E-state index in [4.69, 9.17) is 4.74 Å². The van der Waals surface area contributed by atoms with Gasteiger partial charge in [-0.1, -0.05) is 27.2 Å². The van der Waals surface area contributed by atoms with Crippen LogP contribution < -0.4 is 0 Å². The molecule has 0 radical (unpaired) electrons. The number of aliphatic hydroxyl groups excluding tert-OH is 1. The molecular weight excluding hydrogens is 238 g/mol. The average molecular weight is 269 g/mol. The quantitative estimate of drug-likeness (QED) is 0.832. The molecule has 2 fully saturated rings. The van der Waals surface area contributed by atoms with Crippen LogP contribution in [0.4, 0.5) is 0 Å². The van der Waals surface area contributed by atoms with Crippen LogP contribution >= 0.6 is 0 Å². The number of likely N-dealkylation sites (tertiary alicyclic amines) is 1. The van der Waals surface area contributed by atoms with Gasteiger partial charge in [-0.2, -0.15) is 0 Å². The summed E-state index contributed by atoms with van der Waals surface area (Å²) in [5.74, 6) is 2.18. The largest absolute Gasteiger partial charge is 0.389 e. The molecule has 1 saturated heterocycles. The van der Waals surface area contributed by atoms with Gasteiger partial charge in [-0.3, -0.25) is 0 Å². The highest BCUT2D eigenvalue weighted by Crippen LogP contribution is 2.27. The molecule has 0 aromatic carbocycles. The van der Waals surface area contributed by atoms with E-state index in [1.54, 1.807) is 0 Å². The predicted molar refractivity (Wildman–Crippen MR) is 78.1 cm³/mol. The summed E-state index contributed by atoms with van der Waals surface area (Å²) < 4.78 is 5.90. The van der Waals surface area contributed by atoms with Crippen molar-refractivity contribution in [1.29, 1.82) is 0 Å². The molecule has 0 unspecified atom stereocenters. The molecule has 2 rings (SSSR count). The number of hydrogen-bond donors (Lipinski definition) is 1. The third kappa shape index (κ3) is 4.73. The van der Waals surface area contributed by atoms with Gasteiger partial charge in [0.25, 0.3) is 0 Å². The zero-order valence-corrected chi connectivity index (χ0v) is 12.8. The number of aliphatic hydroxyl groups is 1. The lowest BCUT2D eigenvalue weighted by Gasteiger charge is -2.36. The first-order chi connectivity index (χ1) is 9.04. The average Bonchev–Trinajstić information content (AvgIpc) is 2.71. The van der Waals surface area contributed by atoms with Gasteiger partial charge in [0.1, 0.15) is 0 Å². The van der Waals surface area contributed by atoms with Crippen LogP contribution in [0.2, 0.25) is 0 Å². The lowest BCUT2D eigenvalue weighted by Crippen LogP contribution is -2.44. The molecule has 0 aromatic heterocycles. The molecule has 1 aliphatic heterocycles. The Bertz CT molecular complexity index is 261. The molecule has 0 bridgehead atoms. The van der Waals surface area contributed by atoms with E-state index in [1.165, 1.54) is 25.7 Å². The third-order valence-electron chi connectivity index (χ3n) is 4.70. The summed E-state index contributed by atoms with van der Waals surface area (Å²) in [6.07, 6.45) is 5.11. The van der Waals surface area contributed by atoms with Crippen molar-refractivity contribution in [2.75, 3.05) is 26.2 Å². The Labute approximate surface area is 118 Å². The highest BCUT2D eigenvalue weighted by atomic mass is 16.5. The predicted octanol–water partition coefficient (Wildman–Crippen LogP) is 2.53. The van der Waals surface area contributed by atoms with Crippen molar-refractivity contribution in [3.63, 3.8) is 0 Å². The van der Waals surface area contributed by atoms with Gasteiger partial charge in [-0.05, 0) is 37.0 Å². The second kappa shape index (κ2) is 7.05. The van der Waals surface area contributed by atoms with Crippen LogP contribution in [0.5, 0.6) is 0 Å². The smallest absolute Gasteiger partial charge is 0.0900 e. The van der Waals surface area contributed by atoms with Crippen molar-refractivity contribution in [1.82, 2.24) is 4.90 Å². The summed E-state index contributed by atoms with van der Waals surface area (Å²) in [7, 11) is 0. The Balaban J connectivity index is 1.67. The van der Waals surface area contributed by atoms with Crippen LogP contribution in [0.15, 0.2) is 0 Å². The molecule has 0 spiro atoms. The zero-order chi connectivity index (χ0) is 13.8. The maximum atomic E-state index is 10.2. The molecule has 2 aliphatic rings. The fourth-order valence-electron chi connectivity index (χ4n) is 3.89. The molecule has 1 aliphatic carbocycles. The van der Waals surface area contributed by atoms with Crippen molar-refractivity contribution in [3.8, 4) is 0 Å². The van der Waals surface area contributed by atoms with Crippen LogP contribution in [0.1, 0.15) is 46.5 Å². The van der Waals surface area contributed by atoms with E-state index in [2.05, 4.69) is 25.7 Å². The lowest BCUT2D eigenvalue weighted by molar-refractivity contribution is -0.0369. The molecule has 3 heteroatoms. The summed E-state index contributed by atoms with van der Waals surface area (Å²) in [4.78, 5) is 2.41. The van der Waals surface area contributed by atoms with Crippen LogP contribution in [0, 0.1) is 17.8 Å². The number of nitrogens with zero attached hydrogens (tertiary/aromatic N) is 1. The lowest BCUT2D eigenvalue weighted by atomic mass is 9.92. The van der Waals surface area contributed by atoms with E-state index in [0.717, 1.165) is 31.5 Å². The summed E-state index contributed by atoms with van der Waals surface area (Å²) in [5, 5.41) is 10.2. The minimum atomic E-state index is -0.328. The zero-order valence-electron chi connectivity index (χ0n) is 12.8. The first-order valence-corrected chi connectivity index (χ1v) is 8.06. The molecule has 0 aromatic rings. The van der Waals surface area contributed by atoms with E-state index < -0.39 is 0 Å². The maximum absolute atomic E-state index is 10.2. The van der Waals surface area contributed by atoms with Gasteiger partial charge in [0.2, 0.25) is 0 Å². The molecule has 19 heavy (non-hydrogen) atoms. The molecule has 0 amide bonds. The van der Waals surface area contributed by atoms with E-state index in [9.17, 15) is 5.11 Å². The maximum Gasteiger partial charge on any atom is 0.0900 e. The third-order valence-corrected chi connectivity index (χ3v) is 4.70. The number of hydrogen-bond acceptors (Lipinski definition) is 3. The molecule has 112 valence electrons. The van der Waals surface area contributed by atoms with Crippen LogP contribution in [-0.2, 0) is 4.74 Å². The van der Waals surface area contributed by atoms with Crippen molar-refractivity contribution in [2.45, 2.75) is 58.7 Å². The van der Waals surface area contributed by atoms with Gasteiger partial charge in [-0.15, -0.1) is 0 Å². The normalized spacial score (nSPS) is 38.5. The minimum Gasteiger partial charge on any atom is -0.389 e. The Morgan fingerprint density at radius 1 is 1.16 bits per heavy atom. The number of rotatable bonds is 5. The summed E-state index contributed by atoms with van der Waals surface area (Å²) in [6.45, 7) is 10.4. The second-order valence-electron chi connectivity index (χ2n) is 7.10. The van der Waals surface area contributed by atoms with Crippen molar-refractivity contribution >= 4 is 0 Å². The fourth-order valence-corrected chi connectivity index (χ4v) is 3.89. The van der Waals surface area contributed by atoms with Gasteiger partial charge < -0.3 is 14.7 Å². The fraction of sp³-hybridized carbons (Fsp3) is 1.00. The van der Waals surface area contributed by atoms with Crippen molar-refractivity contribution < 1.29 is 9.84 Å². The summed E-state index contributed by atoms with van der Waals surface area (Å²) in [5.41, 5.74) is 0. The number of ether oxygens (including phenoxy) is 1. The monoisotopic (exact) mass is 269 g/mol. The molecular formula is C16H31NO2. The highest BCUT2D eigenvalue weighted by Gasteiger charge is 2.26. The van der Waals surface area contributed by atoms with Gasteiger partial charge >= 0.3 is 0 Å². The van der Waals surface area contributed by atoms with Crippen LogP contribution in [0.25, 0.3) is 0 Å². The van der Waals surface area contributed by atoms with Gasteiger partial charge in [0.15, 0.2) is 0 Å². The molecule has 1 heterocycles. The number of piperidine rings is 1. The van der Waals surface area contributed by atoms with Crippen molar-refractivity contribution in [3.05, 3.63) is 0 Å². The molecule has 3 nitrogen and oxygen atoms in total. The van der Waals surface area contributed by atoms with Crippen LogP contribution in [-0.4, -0.2) is 48.5 Å². The second-order valence-corrected chi connectivity index (χ2v) is 7.10. The molecule has 1 saturated carbocycles. The molecule has 1 N–H and O–H groups in total. The topological polar surface area (TPSA) is 32.7 Å². The van der Waals surface area contributed by atoms with E-state index in [-0.39, 0.29) is 6.10 Å². The highest BCUT2D eigenvalue weighted by molar-refractivity contribution is 4.78. The standard InChI is InChI=1S/C16H31NO2/c1-12-7-13(2)9-17(8-12)10-15(18)11-19-16-6-4-5-14(16)3/h12-16,18H,4-11H2,1-3H3/t12-,13+,14-,15+,16-/m0/s1. The number of β-amino-alcohol motifs (C(OH)–C–C–N with tert-alkyl or cyclic N) is 1. The Hall–Kier alpha value is -0.120. The van der Waals surface area contributed by atoms with E-state index in [0.29, 0.717) is 18.6 Å². The van der Waals surface area contributed by atoms with Crippen LogP contribution in [0.3, 0.4) is 0 Å². The van der Waals surface area contributed by atoms with Gasteiger partial charge in [0, 0.05) is 19.6 Å².